The summed E-state index contributed by atoms with van der Waals surface area (Å²) in [5.74, 6) is 1.03. The molecule has 1 unspecified atom stereocenters. The fourth-order valence-corrected chi connectivity index (χ4v) is 2.05. The zero-order valence-electron chi connectivity index (χ0n) is 8.91. The summed E-state index contributed by atoms with van der Waals surface area (Å²) in [6.07, 6.45) is 0. The quantitative estimate of drug-likeness (QED) is 0.719. The van der Waals surface area contributed by atoms with Gasteiger partial charge in [-0.3, -0.25) is 4.99 Å². The molecule has 0 bridgehead atoms. The van der Waals surface area contributed by atoms with E-state index < -0.39 is 0 Å². The topological polar surface area (TPSA) is 24.4 Å². The number of hydrogen-bond acceptors (Lipinski definition) is 2. The fraction of sp³-hybridized carbons (Fsp3) is 0.417. The summed E-state index contributed by atoms with van der Waals surface area (Å²) in [5, 5.41) is 3.39. The Morgan fingerprint density at radius 3 is 2.36 bits per heavy atom. The van der Waals surface area contributed by atoms with Gasteiger partial charge in [0.2, 0.25) is 0 Å². The average molecular weight is 188 g/mol. The van der Waals surface area contributed by atoms with E-state index in [0.717, 1.165) is 5.84 Å². The van der Waals surface area contributed by atoms with Gasteiger partial charge in [0.15, 0.2) is 0 Å². The van der Waals surface area contributed by atoms with E-state index in [4.69, 9.17) is 0 Å². The summed E-state index contributed by atoms with van der Waals surface area (Å²) >= 11 is 0. The van der Waals surface area contributed by atoms with Crippen molar-refractivity contribution in [3.63, 3.8) is 0 Å². The van der Waals surface area contributed by atoms with Crippen LogP contribution in [0.3, 0.4) is 0 Å². The molecule has 1 aromatic rings. The standard InChI is InChI=1S/C12H16N2/c1-9-13-11(12(2,3)14-9)10-7-5-4-6-8-10/h4-8,11H,1-3H3,(H,13,14). The van der Waals surface area contributed by atoms with Gasteiger partial charge in [0.1, 0.15) is 0 Å². The molecule has 0 spiro atoms. The summed E-state index contributed by atoms with van der Waals surface area (Å²) in [7, 11) is 0. The van der Waals surface area contributed by atoms with Crippen LogP contribution in [0.15, 0.2) is 35.3 Å². The number of nitrogens with one attached hydrogen (secondary N) is 1. The minimum Gasteiger partial charge on any atom is -0.367 e. The molecule has 1 aliphatic rings. The number of hydrogen-bond donors (Lipinski definition) is 1. The maximum Gasteiger partial charge on any atom is 0.0993 e. The molecule has 1 atom stereocenters. The number of benzene rings is 1. The van der Waals surface area contributed by atoms with Gasteiger partial charge in [0, 0.05) is 0 Å². The second kappa shape index (κ2) is 3.12. The van der Waals surface area contributed by atoms with Crippen LogP contribution in [-0.2, 0) is 0 Å². The van der Waals surface area contributed by atoms with Crippen LogP contribution in [0.2, 0.25) is 0 Å². The lowest BCUT2D eigenvalue weighted by molar-refractivity contribution is 0.410. The van der Waals surface area contributed by atoms with Gasteiger partial charge in [-0.2, -0.15) is 0 Å². The Labute approximate surface area is 85.1 Å². The Hall–Kier alpha value is -1.31. The van der Waals surface area contributed by atoms with E-state index in [-0.39, 0.29) is 11.6 Å². The van der Waals surface area contributed by atoms with Crippen LogP contribution in [0.1, 0.15) is 32.4 Å². The molecule has 74 valence electrons. The molecule has 2 heteroatoms. The third-order valence-corrected chi connectivity index (χ3v) is 2.62. The van der Waals surface area contributed by atoms with Gasteiger partial charge in [-0.15, -0.1) is 0 Å². The Bertz CT molecular complexity index is 352. The Morgan fingerprint density at radius 2 is 1.86 bits per heavy atom. The van der Waals surface area contributed by atoms with E-state index in [2.05, 4.69) is 48.4 Å². The van der Waals surface area contributed by atoms with Crippen molar-refractivity contribution in [2.24, 2.45) is 4.99 Å². The average Bonchev–Trinajstić information content (AvgIpc) is 2.41. The summed E-state index contributed by atoms with van der Waals surface area (Å²) < 4.78 is 0. The Kier molecular flexibility index (Phi) is 2.06. The van der Waals surface area contributed by atoms with Gasteiger partial charge in [-0.1, -0.05) is 30.3 Å². The molecule has 0 aliphatic carbocycles. The van der Waals surface area contributed by atoms with Crippen molar-refractivity contribution in [3.05, 3.63) is 35.9 Å². The highest BCUT2D eigenvalue weighted by molar-refractivity contribution is 5.82. The molecular weight excluding hydrogens is 172 g/mol. The molecule has 1 N–H and O–H groups in total. The summed E-state index contributed by atoms with van der Waals surface area (Å²) in [5.41, 5.74) is 1.31. The molecular formula is C12H16N2. The second-order valence-electron chi connectivity index (χ2n) is 4.37. The van der Waals surface area contributed by atoms with Crippen LogP contribution >= 0.6 is 0 Å². The minimum atomic E-state index is 0.0332. The smallest absolute Gasteiger partial charge is 0.0993 e. The van der Waals surface area contributed by atoms with Crippen LogP contribution in [0, 0.1) is 0 Å². The summed E-state index contributed by atoms with van der Waals surface area (Å²) in [6.45, 7) is 6.39. The van der Waals surface area contributed by atoms with Gasteiger partial charge >= 0.3 is 0 Å². The number of rotatable bonds is 1. The van der Waals surface area contributed by atoms with Crippen molar-refractivity contribution in [3.8, 4) is 0 Å². The molecule has 1 aliphatic heterocycles. The molecule has 0 amide bonds. The lowest BCUT2D eigenvalue weighted by atomic mass is 9.90. The monoisotopic (exact) mass is 188 g/mol. The molecule has 14 heavy (non-hydrogen) atoms. The van der Waals surface area contributed by atoms with E-state index in [9.17, 15) is 0 Å². The van der Waals surface area contributed by atoms with E-state index >= 15 is 0 Å². The SMILES string of the molecule is CC1=NC(c2ccccc2)C(C)(C)N1. The zero-order valence-corrected chi connectivity index (χ0v) is 8.91. The van der Waals surface area contributed by atoms with Gasteiger partial charge in [-0.05, 0) is 26.3 Å². The second-order valence-corrected chi connectivity index (χ2v) is 4.37. The van der Waals surface area contributed by atoms with E-state index in [1.54, 1.807) is 0 Å². The maximum atomic E-state index is 4.62. The first kappa shape index (κ1) is 9.25. The molecule has 0 fully saturated rings. The largest absolute Gasteiger partial charge is 0.367 e. The number of amidine groups is 1. The van der Waals surface area contributed by atoms with Gasteiger partial charge in [0.05, 0.1) is 17.4 Å². The van der Waals surface area contributed by atoms with Crippen molar-refractivity contribution in [2.75, 3.05) is 0 Å². The van der Waals surface area contributed by atoms with Gasteiger partial charge in [0.25, 0.3) is 0 Å². The van der Waals surface area contributed by atoms with Crippen LogP contribution in [-0.4, -0.2) is 11.4 Å². The predicted molar refractivity (Wildman–Crippen MR) is 59.5 cm³/mol. The first-order valence-corrected chi connectivity index (χ1v) is 4.97. The third kappa shape index (κ3) is 1.52. The molecule has 0 saturated carbocycles. The van der Waals surface area contributed by atoms with Crippen LogP contribution in [0.4, 0.5) is 0 Å². The van der Waals surface area contributed by atoms with Gasteiger partial charge < -0.3 is 5.32 Å². The van der Waals surface area contributed by atoms with Crippen LogP contribution < -0.4 is 5.32 Å². The molecule has 0 saturated heterocycles. The van der Waals surface area contributed by atoms with Crippen molar-refractivity contribution in [1.82, 2.24) is 5.32 Å². The zero-order chi connectivity index (χ0) is 10.2. The summed E-state index contributed by atoms with van der Waals surface area (Å²) in [6, 6.07) is 10.7. The highest BCUT2D eigenvalue weighted by Crippen LogP contribution is 2.32. The van der Waals surface area contributed by atoms with E-state index in [1.807, 2.05) is 13.0 Å². The van der Waals surface area contributed by atoms with Crippen molar-refractivity contribution < 1.29 is 0 Å². The fourth-order valence-electron chi connectivity index (χ4n) is 2.05. The van der Waals surface area contributed by atoms with Crippen molar-refractivity contribution in [1.29, 1.82) is 0 Å². The maximum absolute atomic E-state index is 4.62. The van der Waals surface area contributed by atoms with Crippen LogP contribution in [0.5, 0.6) is 0 Å². The number of aliphatic imine (C=N–C) groups is 1. The van der Waals surface area contributed by atoms with Crippen LogP contribution in [0.25, 0.3) is 0 Å². The lowest BCUT2D eigenvalue weighted by Gasteiger charge is -2.26. The van der Waals surface area contributed by atoms with Crippen molar-refractivity contribution in [2.45, 2.75) is 32.4 Å². The lowest BCUT2D eigenvalue weighted by Crippen LogP contribution is -2.40. The number of nitrogens with zero attached hydrogens (tertiary/aromatic N) is 1. The highest BCUT2D eigenvalue weighted by Gasteiger charge is 2.35. The first-order chi connectivity index (χ1) is 6.59. The Morgan fingerprint density at radius 1 is 1.21 bits per heavy atom. The van der Waals surface area contributed by atoms with Gasteiger partial charge in [-0.25, -0.2) is 0 Å². The molecule has 1 aromatic carbocycles. The normalized spacial score (nSPS) is 24.2. The summed E-state index contributed by atoms with van der Waals surface area (Å²) in [4.78, 5) is 4.62. The Balaban J connectivity index is 2.35. The van der Waals surface area contributed by atoms with E-state index in [0.29, 0.717) is 0 Å². The molecule has 2 nitrogen and oxygen atoms in total. The highest BCUT2D eigenvalue weighted by atomic mass is 15.2. The first-order valence-electron chi connectivity index (χ1n) is 4.97. The predicted octanol–water partition coefficient (Wildman–Crippen LogP) is 2.53. The van der Waals surface area contributed by atoms with E-state index in [1.165, 1.54) is 5.56 Å². The third-order valence-electron chi connectivity index (χ3n) is 2.62. The minimum absolute atomic E-state index is 0.0332. The van der Waals surface area contributed by atoms with Crippen molar-refractivity contribution >= 4 is 5.84 Å². The molecule has 1 heterocycles. The molecule has 0 radical (unpaired) electrons. The molecule has 0 aromatic heterocycles. The molecule has 2 rings (SSSR count).